The van der Waals surface area contributed by atoms with E-state index in [1.165, 1.54) is 30.1 Å². The van der Waals surface area contributed by atoms with E-state index in [4.69, 9.17) is 4.74 Å². The van der Waals surface area contributed by atoms with Crippen molar-refractivity contribution in [3.05, 3.63) is 120 Å². The van der Waals surface area contributed by atoms with Crippen LogP contribution in [0.25, 0.3) is 0 Å². The molecule has 0 heterocycles. The zero-order valence-corrected chi connectivity index (χ0v) is 26.1. The minimum absolute atomic E-state index is 0.0825. The number of aryl methyl sites for hydroxylation is 1. The summed E-state index contributed by atoms with van der Waals surface area (Å²) in [5.41, 5.74) is 5.55. The summed E-state index contributed by atoms with van der Waals surface area (Å²) in [7, 11) is -4.03. The highest BCUT2D eigenvalue weighted by Gasteiger charge is 2.27. The summed E-state index contributed by atoms with van der Waals surface area (Å²) in [5.74, 6) is -0.314. The lowest BCUT2D eigenvalue weighted by Crippen LogP contribution is -2.39. The number of amides is 2. The van der Waals surface area contributed by atoms with Crippen molar-refractivity contribution in [1.82, 2.24) is 10.7 Å². The molecule has 0 saturated heterocycles. The topological polar surface area (TPSA) is 117 Å². The number of hydrogen-bond donors (Lipinski definition) is 2. The summed E-state index contributed by atoms with van der Waals surface area (Å²) >= 11 is 1.51. The van der Waals surface area contributed by atoms with Crippen molar-refractivity contribution in [3.63, 3.8) is 0 Å². The number of benzene rings is 4. The van der Waals surface area contributed by atoms with E-state index in [2.05, 4.69) is 15.8 Å². The molecule has 2 N–H and O–H groups in total. The molecule has 0 aliphatic heterocycles. The van der Waals surface area contributed by atoms with Crippen LogP contribution in [-0.2, 0) is 26.0 Å². The number of carbonyl (C=O) groups is 2. The highest BCUT2D eigenvalue weighted by atomic mass is 32.2. The maximum absolute atomic E-state index is 13.5. The molecule has 4 aromatic carbocycles. The number of sulfonamides is 1. The minimum Gasteiger partial charge on any atom is -0.484 e. The first kappa shape index (κ1) is 32.3. The van der Waals surface area contributed by atoms with E-state index >= 15 is 0 Å². The van der Waals surface area contributed by atoms with Crippen molar-refractivity contribution in [2.75, 3.05) is 30.3 Å². The van der Waals surface area contributed by atoms with Crippen LogP contribution in [0.2, 0.25) is 0 Å². The van der Waals surface area contributed by atoms with E-state index in [0.717, 1.165) is 26.7 Å². The van der Waals surface area contributed by atoms with Crippen LogP contribution in [0.4, 0.5) is 5.69 Å². The molecule has 0 radical (unpaired) electrons. The molecule has 9 nitrogen and oxygen atoms in total. The lowest BCUT2D eigenvalue weighted by molar-refractivity contribution is -0.123. The predicted molar refractivity (Wildman–Crippen MR) is 175 cm³/mol. The molecule has 44 heavy (non-hydrogen) atoms. The fraction of sp³-hybridized carbons (Fsp3) is 0.182. The van der Waals surface area contributed by atoms with E-state index < -0.39 is 22.5 Å². The second-order valence-corrected chi connectivity index (χ2v) is 12.5. The lowest BCUT2D eigenvalue weighted by atomic mass is 10.1. The monoisotopic (exact) mass is 630 g/mol. The van der Waals surface area contributed by atoms with Gasteiger partial charge in [0.1, 0.15) is 12.3 Å². The van der Waals surface area contributed by atoms with Gasteiger partial charge in [-0.1, -0.05) is 48.0 Å². The first-order chi connectivity index (χ1) is 21.2. The van der Waals surface area contributed by atoms with E-state index in [-0.39, 0.29) is 17.4 Å². The van der Waals surface area contributed by atoms with Gasteiger partial charge in [0.25, 0.3) is 21.8 Å². The molecule has 2 amide bonds. The van der Waals surface area contributed by atoms with Crippen LogP contribution >= 0.6 is 11.8 Å². The highest BCUT2D eigenvalue weighted by molar-refractivity contribution is 7.98. The Morgan fingerprint density at radius 1 is 0.886 bits per heavy atom. The van der Waals surface area contributed by atoms with Crippen LogP contribution < -0.4 is 19.8 Å². The molecular formula is C33H34N4O5S2. The molecule has 11 heteroatoms. The van der Waals surface area contributed by atoms with Gasteiger partial charge in [-0.15, -0.1) is 11.8 Å². The number of hydrogen-bond acceptors (Lipinski definition) is 7. The molecule has 0 unspecified atom stereocenters. The van der Waals surface area contributed by atoms with Crippen LogP contribution in [0.3, 0.4) is 0 Å². The summed E-state index contributed by atoms with van der Waals surface area (Å²) < 4.78 is 33.7. The van der Waals surface area contributed by atoms with Gasteiger partial charge in [-0.2, -0.15) is 5.10 Å². The van der Waals surface area contributed by atoms with E-state index in [1.54, 1.807) is 60.7 Å². The third-order valence-electron chi connectivity index (χ3n) is 6.49. The maximum Gasteiger partial charge on any atom is 0.264 e. The summed E-state index contributed by atoms with van der Waals surface area (Å²) in [6.07, 6.45) is 4.08. The molecule has 0 aliphatic carbocycles. The fourth-order valence-corrected chi connectivity index (χ4v) is 5.92. The van der Waals surface area contributed by atoms with E-state index in [1.807, 2.05) is 43.5 Å². The number of nitrogens with one attached hydrogen (secondary N) is 2. The smallest absolute Gasteiger partial charge is 0.264 e. The van der Waals surface area contributed by atoms with Gasteiger partial charge < -0.3 is 10.1 Å². The Kier molecular flexibility index (Phi) is 11.6. The fourth-order valence-electron chi connectivity index (χ4n) is 4.09. The predicted octanol–water partition coefficient (Wildman–Crippen LogP) is 4.80. The van der Waals surface area contributed by atoms with Gasteiger partial charge in [-0.05, 0) is 91.4 Å². The number of hydrazone groups is 1. The normalized spacial score (nSPS) is 11.2. The van der Waals surface area contributed by atoms with Gasteiger partial charge in [-0.25, -0.2) is 13.8 Å². The van der Waals surface area contributed by atoms with Gasteiger partial charge in [0.05, 0.1) is 16.8 Å². The molecule has 0 saturated carbocycles. The van der Waals surface area contributed by atoms with E-state index in [0.29, 0.717) is 23.5 Å². The average molecular weight is 631 g/mol. The Morgan fingerprint density at radius 2 is 1.57 bits per heavy atom. The SMILES string of the molecule is CSc1ccc(S(=O)(=O)N(CC(=O)N/N=C\c2ccc(OCC(=O)NCCc3ccccc3)cc2)c2ccc(C)cc2)cc1. The number of thioether (sulfide) groups is 1. The second kappa shape index (κ2) is 15.7. The van der Waals surface area contributed by atoms with Crippen LogP contribution in [0.5, 0.6) is 5.75 Å². The van der Waals surface area contributed by atoms with Crippen molar-refractivity contribution < 1.29 is 22.7 Å². The maximum atomic E-state index is 13.5. The molecule has 0 bridgehead atoms. The summed E-state index contributed by atoms with van der Waals surface area (Å²) in [6, 6.07) is 30.1. The molecule has 0 spiro atoms. The highest BCUT2D eigenvalue weighted by Crippen LogP contribution is 2.25. The summed E-state index contributed by atoms with van der Waals surface area (Å²) in [5, 5.41) is 6.82. The number of carbonyl (C=O) groups excluding carboxylic acids is 2. The van der Waals surface area contributed by atoms with Crippen molar-refractivity contribution in [3.8, 4) is 5.75 Å². The summed E-state index contributed by atoms with van der Waals surface area (Å²) in [4.78, 5) is 25.9. The van der Waals surface area contributed by atoms with Crippen LogP contribution in [0, 0.1) is 6.92 Å². The molecule has 4 rings (SSSR count). The van der Waals surface area contributed by atoms with Gasteiger partial charge in [-0.3, -0.25) is 13.9 Å². The van der Waals surface area contributed by atoms with Crippen molar-refractivity contribution in [2.24, 2.45) is 5.10 Å². The lowest BCUT2D eigenvalue weighted by Gasteiger charge is -2.24. The van der Waals surface area contributed by atoms with Crippen molar-refractivity contribution in [1.29, 1.82) is 0 Å². The third kappa shape index (κ3) is 9.45. The van der Waals surface area contributed by atoms with Crippen molar-refractivity contribution >= 4 is 45.5 Å². The van der Waals surface area contributed by atoms with Crippen LogP contribution in [0.15, 0.2) is 118 Å². The van der Waals surface area contributed by atoms with E-state index in [9.17, 15) is 18.0 Å². The molecule has 0 aromatic heterocycles. The minimum atomic E-state index is -4.03. The first-order valence-electron chi connectivity index (χ1n) is 13.8. The Bertz CT molecular complexity index is 1660. The Hall–Kier alpha value is -4.61. The number of nitrogens with zero attached hydrogens (tertiary/aromatic N) is 2. The Labute approximate surface area is 262 Å². The van der Waals surface area contributed by atoms with Gasteiger partial charge in [0, 0.05) is 11.4 Å². The van der Waals surface area contributed by atoms with Crippen LogP contribution in [0.1, 0.15) is 16.7 Å². The number of anilines is 1. The largest absolute Gasteiger partial charge is 0.484 e. The average Bonchev–Trinajstić information content (AvgIpc) is 3.04. The van der Waals surface area contributed by atoms with Gasteiger partial charge in [0.2, 0.25) is 0 Å². The van der Waals surface area contributed by atoms with Gasteiger partial charge >= 0.3 is 0 Å². The molecule has 0 aliphatic rings. The van der Waals surface area contributed by atoms with Gasteiger partial charge in [0.15, 0.2) is 6.61 Å². The quantitative estimate of drug-likeness (QED) is 0.118. The third-order valence-corrected chi connectivity index (χ3v) is 9.02. The molecule has 0 atom stereocenters. The zero-order chi connectivity index (χ0) is 31.4. The standard InChI is InChI=1S/C33H34N4O5S2/c1-25-8-12-28(13-9-25)37(44(40,41)31-18-16-30(43-2)17-19-31)23-32(38)36-35-22-27-10-14-29(15-11-27)42-24-33(39)34-21-20-26-6-4-3-5-7-26/h3-19,22H,20-21,23-24H2,1-2H3,(H,34,39)(H,36,38)/b35-22-. The Morgan fingerprint density at radius 3 is 2.23 bits per heavy atom. The second-order valence-electron chi connectivity index (χ2n) is 9.76. The molecule has 0 fully saturated rings. The number of ether oxygens (including phenoxy) is 1. The zero-order valence-electron chi connectivity index (χ0n) is 24.5. The molecule has 4 aromatic rings. The Balaban J connectivity index is 1.30. The number of rotatable bonds is 14. The molecule has 228 valence electrons. The molecular weight excluding hydrogens is 597 g/mol. The summed E-state index contributed by atoms with van der Waals surface area (Å²) in [6.45, 7) is 1.84. The first-order valence-corrected chi connectivity index (χ1v) is 16.5. The van der Waals surface area contributed by atoms with Crippen molar-refractivity contribution in [2.45, 2.75) is 23.1 Å². The van der Waals surface area contributed by atoms with Crippen LogP contribution in [-0.4, -0.2) is 52.4 Å².